The number of nitriles is 1. The van der Waals surface area contributed by atoms with Gasteiger partial charge < -0.3 is 19.9 Å². The highest BCUT2D eigenvalue weighted by atomic mass is 16.5. The van der Waals surface area contributed by atoms with Crippen LogP contribution >= 0.6 is 0 Å². The van der Waals surface area contributed by atoms with Crippen molar-refractivity contribution < 1.29 is 9.53 Å². The van der Waals surface area contributed by atoms with Crippen molar-refractivity contribution in [3.05, 3.63) is 62.4 Å². The van der Waals surface area contributed by atoms with Crippen LogP contribution in [0.2, 0.25) is 0 Å². The number of para-hydroxylation sites is 1. The van der Waals surface area contributed by atoms with Crippen molar-refractivity contribution in [1.29, 1.82) is 5.26 Å². The van der Waals surface area contributed by atoms with Crippen LogP contribution in [0, 0.1) is 11.3 Å². The second-order valence-corrected chi connectivity index (χ2v) is 9.53. The van der Waals surface area contributed by atoms with Crippen molar-refractivity contribution >= 4 is 34.0 Å². The first-order valence-electron chi connectivity index (χ1n) is 13.0. The molecule has 1 saturated heterocycles. The quantitative estimate of drug-likeness (QED) is 0.349. The molecule has 0 amide bonds. The van der Waals surface area contributed by atoms with Crippen molar-refractivity contribution in [2.45, 2.75) is 52.4 Å². The number of carbonyl (C=O) groups is 1. The highest BCUT2D eigenvalue weighted by molar-refractivity contribution is 5.80. The van der Waals surface area contributed by atoms with Crippen LogP contribution in [0.5, 0.6) is 0 Å². The van der Waals surface area contributed by atoms with E-state index in [0.29, 0.717) is 31.1 Å². The van der Waals surface area contributed by atoms with E-state index in [1.165, 1.54) is 4.57 Å². The van der Waals surface area contributed by atoms with E-state index in [0.717, 1.165) is 22.8 Å². The Hall–Kier alpha value is -4.50. The van der Waals surface area contributed by atoms with E-state index in [9.17, 15) is 19.6 Å². The highest BCUT2D eigenvalue weighted by Crippen LogP contribution is 2.23. The van der Waals surface area contributed by atoms with Crippen LogP contribution in [0.4, 0.5) is 5.95 Å². The monoisotopic (exact) mass is 530 g/mol. The number of rotatable bonds is 7. The lowest BCUT2D eigenvalue weighted by Crippen LogP contribution is -2.44. The van der Waals surface area contributed by atoms with Gasteiger partial charge in [-0.15, -0.1) is 0 Å². The van der Waals surface area contributed by atoms with Gasteiger partial charge in [0.05, 0.1) is 29.9 Å². The minimum atomic E-state index is -0.734. The van der Waals surface area contributed by atoms with E-state index >= 15 is 0 Å². The molecule has 12 nitrogen and oxygen atoms in total. The van der Waals surface area contributed by atoms with E-state index in [-0.39, 0.29) is 41.6 Å². The van der Waals surface area contributed by atoms with Crippen molar-refractivity contribution in [2.24, 2.45) is 5.73 Å². The van der Waals surface area contributed by atoms with E-state index in [2.05, 4.69) is 11.1 Å². The first kappa shape index (κ1) is 26.1. The molecule has 5 rings (SSSR count). The zero-order valence-electron chi connectivity index (χ0n) is 22.0. The average molecular weight is 531 g/mol. The lowest BCUT2D eigenvalue weighted by Gasteiger charge is -2.31. The summed E-state index contributed by atoms with van der Waals surface area (Å²) >= 11 is 0. The third-order valence-corrected chi connectivity index (χ3v) is 6.97. The highest BCUT2D eigenvalue weighted by Gasteiger charge is 2.27. The van der Waals surface area contributed by atoms with Gasteiger partial charge in [-0.1, -0.05) is 18.2 Å². The third-order valence-electron chi connectivity index (χ3n) is 6.97. The Morgan fingerprint density at radius 2 is 1.97 bits per heavy atom. The standard InChI is InChI=1S/C27H30N8O4/c1-3-33-23-24(31-26(33)32-11-7-9-19(29)14-32)34(16-22(36)39-4-2)27(38)35(25(23)37)15-21-18(13-28)12-17-8-5-6-10-20(17)30-21/h5-6,8,10,12,19H,3-4,7,9,11,14-16,29H2,1-2H3. The molecule has 0 spiro atoms. The van der Waals surface area contributed by atoms with E-state index in [1.54, 1.807) is 23.6 Å². The van der Waals surface area contributed by atoms with Gasteiger partial charge in [0.1, 0.15) is 12.6 Å². The van der Waals surface area contributed by atoms with Gasteiger partial charge in [-0.05, 0) is 38.8 Å². The Balaban J connectivity index is 1.74. The van der Waals surface area contributed by atoms with Gasteiger partial charge in [0.2, 0.25) is 5.95 Å². The molecule has 2 N–H and O–H groups in total. The van der Waals surface area contributed by atoms with Crippen LogP contribution in [0.15, 0.2) is 39.9 Å². The number of fused-ring (bicyclic) bond motifs is 2. The van der Waals surface area contributed by atoms with Crippen molar-refractivity contribution in [2.75, 3.05) is 24.6 Å². The zero-order chi connectivity index (χ0) is 27.7. The lowest BCUT2D eigenvalue weighted by atomic mass is 10.1. The third kappa shape index (κ3) is 4.77. The minimum Gasteiger partial charge on any atom is -0.465 e. The SMILES string of the molecule is CCOC(=O)Cn1c(=O)n(Cc2nc3ccccc3cc2C#N)c(=O)c2c1nc(N1CCCC(N)C1)n2CC. The van der Waals surface area contributed by atoms with Crippen LogP contribution in [-0.4, -0.2) is 55.4 Å². The van der Waals surface area contributed by atoms with E-state index in [1.807, 2.05) is 30.0 Å². The molecule has 1 aliphatic rings. The fraction of sp³-hybridized carbons (Fsp3) is 0.407. The van der Waals surface area contributed by atoms with Gasteiger partial charge in [-0.2, -0.15) is 10.2 Å². The molecule has 3 aromatic heterocycles. The Kier molecular flexibility index (Phi) is 7.17. The lowest BCUT2D eigenvalue weighted by molar-refractivity contribution is -0.143. The summed E-state index contributed by atoms with van der Waals surface area (Å²) in [5.74, 6) is -0.101. The summed E-state index contributed by atoms with van der Waals surface area (Å²) in [5, 5.41) is 10.6. The zero-order valence-corrected chi connectivity index (χ0v) is 22.0. The molecular formula is C27H30N8O4. The molecule has 39 heavy (non-hydrogen) atoms. The van der Waals surface area contributed by atoms with Gasteiger partial charge >= 0.3 is 11.7 Å². The maximum absolute atomic E-state index is 13.9. The molecule has 0 radical (unpaired) electrons. The normalized spacial score (nSPS) is 15.5. The van der Waals surface area contributed by atoms with Crippen LogP contribution in [-0.2, 0) is 29.2 Å². The first-order valence-corrected chi connectivity index (χ1v) is 13.0. The molecule has 0 bridgehead atoms. The van der Waals surface area contributed by atoms with Crippen molar-refractivity contribution in [3.8, 4) is 6.07 Å². The Bertz CT molecular complexity index is 1730. The van der Waals surface area contributed by atoms with Gasteiger partial charge in [0.25, 0.3) is 5.56 Å². The molecule has 12 heteroatoms. The number of esters is 1. The minimum absolute atomic E-state index is 0.0365. The topological polar surface area (TPSA) is 154 Å². The molecule has 1 unspecified atom stereocenters. The smallest absolute Gasteiger partial charge is 0.333 e. The summed E-state index contributed by atoms with van der Waals surface area (Å²) in [7, 11) is 0. The number of anilines is 1. The summed E-state index contributed by atoms with van der Waals surface area (Å²) in [6.45, 7) is 4.72. The number of piperidine rings is 1. The van der Waals surface area contributed by atoms with Crippen LogP contribution in [0.25, 0.3) is 22.1 Å². The van der Waals surface area contributed by atoms with Crippen molar-refractivity contribution in [3.63, 3.8) is 0 Å². The molecule has 4 aromatic rings. The maximum atomic E-state index is 13.9. The average Bonchev–Trinajstić information content (AvgIpc) is 3.33. The van der Waals surface area contributed by atoms with Gasteiger partial charge in [0.15, 0.2) is 11.2 Å². The maximum Gasteiger partial charge on any atom is 0.333 e. The molecule has 202 valence electrons. The Morgan fingerprint density at radius 3 is 2.69 bits per heavy atom. The number of benzene rings is 1. The van der Waals surface area contributed by atoms with Crippen molar-refractivity contribution in [1.82, 2.24) is 23.7 Å². The van der Waals surface area contributed by atoms with Gasteiger partial charge in [-0.25, -0.2) is 9.78 Å². The summed E-state index contributed by atoms with van der Waals surface area (Å²) < 4.78 is 9.05. The van der Waals surface area contributed by atoms with E-state index in [4.69, 9.17) is 15.5 Å². The summed E-state index contributed by atoms with van der Waals surface area (Å²) in [5.41, 5.74) is 6.37. The first-order chi connectivity index (χ1) is 18.9. The molecule has 0 aliphatic carbocycles. The molecule has 4 heterocycles. The second kappa shape index (κ2) is 10.7. The number of ether oxygens (including phenoxy) is 1. The van der Waals surface area contributed by atoms with Crippen LogP contribution in [0.3, 0.4) is 0 Å². The Morgan fingerprint density at radius 1 is 1.18 bits per heavy atom. The summed E-state index contributed by atoms with van der Waals surface area (Å²) in [4.78, 5) is 51.5. The number of pyridine rings is 1. The van der Waals surface area contributed by atoms with Gasteiger partial charge in [-0.3, -0.25) is 18.7 Å². The fourth-order valence-electron chi connectivity index (χ4n) is 5.15. The fourth-order valence-corrected chi connectivity index (χ4v) is 5.15. The number of carbonyl (C=O) groups excluding carboxylic acids is 1. The van der Waals surface area contributed by atoms with Crippen LogP contribution in [0.1, 0.15) is 37.9 Å². The molecule has 1 atom stereocenters. The number of imidazole rings is 1. The van der Waals surface area contributed by atoms with E-state index < -0.39 is 23.8 Å². The molecule has 0 saturated carbocycles. The number of aryl methyl sites for hydroxylation is 1. The summed E-state index contributed by atoms with van der Waals surface area (Å²) in [6, 6.07) is 11.1. The predicted molar refractivity (Wildman–Crippen MR) is 146 cm³/mol. The molecule has 1 aromatic carbocycles. The summed E-state index contributed by atoms with van der Waals surface area (Å²) in [6.07, 6.45) is 1.77. The molecule has 1 fully saturated rings. The number of aromatic nitrogens is 5. The Labute approximate surface area is 223 Å². The molecular weight excluding hydrogens is 500 g/mol. The second-order valence-electron chi connectivity index (χ2n) is 9.53. The molecule has 1 aliphatic heterocycles. The van der Waals surface area contributed by atoms with Gasteiger partial charge in [0, 0.05) is 31.1 Å². The number of hydrogen-bond acceptors (Lipinski definition) is 9. The largest absolute Gasteiger partial charge is 0.465 e. The number of nitrogens with two attached hydrogens (primary N) is 1. The predicted octanol–water partition coefficient (Wildman–Crippen LogP) is 1.34. The number of hydrogen-bond donors (Lipinski definition) is 1. The van der Waals surface area contributed by atoms with Crippen LogP contribution < -0.4 is 21.9 Å². The number of nitrogens with zero attached hydrogens (tertiary/aromatic N) is 7.